The number of carbonyl (C=O) groups is 2. The molecule has 0 rings (SSSR count). The van der Waals surface area contributed by atoms with Crippen molar-refractivity contribution < 1.29 is 33.1 Å². The quantitative estimate of drug-likeness (QED) is 0.349. The van der Waals surface area contributed by atoms with Crippen molar-refractivity contribution in [3.63, 3.8) is 0 Å². The van der Waals surface area contributed by atoms with E-state index in [1.54, 1.807) is 0 Å². The summed E-state index contributed by atoms with van der Waals surface area (Å²) < 4.78 is 31.7. The molecule has 0 aliphatic heterocycles. The van der Waals surface area contributed by atoms with E-state index in [4.69, 9.17) is 20.8 Å². The van der Waals surface area contributed by atoms with Gasteiger partial charge in [0.2, 0.25) is 0 Å². The Morgan fingerprint density at radius 3 is 1.71 bits per heavy atom. The maximum atomic E-state index is 10.6. The van der Waals surface area contributed by atoms with Gasteiger partial charge < -0.3 is 10.8 Å². The molecule has 9 heteroatoms. The number of alkyl halides is 3. The highest BCUT2D eigenvalue weighted by molar-refractivity contribution is 5.79. The number of carbonyl (C=O) groups excluding carboxylic acids is 1. The van der Waals surface area contributed by atoms with Gasteiger partial charge in [-0.3, -0.25) is 10.0 Å². The van der Waals surface area contributed by atoms with Crippen molar-refractivity contribution in [3.8, 4) is 0 Å². The average Bonchev–Trinajstić information content (AvgIpc) is 2.02. The van der Waals surface area contributed by atoms with Gasteiger partial charge in [-0.15, -0.1) is 0 Å². The number of hydroxylamine groups is 1. The van der Waals surface area contributed by atoms with E-state index in [1.807, 2.05) is 0 Å². The Hall–Kier alpha value is -1.35. The summed E-state index contributed by atoms with van der Waals surface area (Å²) >= 11 is 0. The standard InChI is InChI=1S/C3H8N2O2.C2HF3O2/c1-2(4)3(6)5-7;3-2(4,5)1(6)7/h2,7H,4H2,1H3,(H,5,6);(H,6,7). The average molecular weight is 218 g/mol. The second-order valence-corrected chi connectivity index (χ2v) is 2.07. The largest absolute Gasteiger partial charge is 0.490 e. The summed E-state index contributed by atoms with van der Waals surface area (Å²) in [4.78, 5) is 18.9. The third-order valence-corrected chi connectivity index (χ3v) is 0.766. The van der Waals surface area contributed by atoms with Crippen LogP contribution in [0.25, 0.3) is 0 Å². The van der Waals surface area contributed by atoms with Gasteiger partial charge in [0.15, 0.2) is 0 Å². The van der Waals surface area contributed by atoms with Gasteiger partial charge in [0, 0.05) is 0 Å². The monoisotopic (exact) mass is 218 g/mol. The van der Waals surface area contributed by atoms with Crippen LogP contribution in [0.4, 0.5) is 13.2 Å². The zero-order chi connectivity index (χ0) is 11.9. The number of aliphatic carboxylic acids is 1. The number of halogens is 3. The minimum absolute atomic E-state index is 0.569. The molecule has 0 bridgehead atoms. The number of hydrogen-bond acceptors (Lipinski definition) is 4. The highest BCUT2D eigenvalue weighted by atomic mass is 19.4. The van der Waals surface area contributed by atoms with Crippen LogP contribution in [0.15, 0.2) is 0 Å². The maximum Gasteiger partial charge on any atom is 0.490 e. The van der Waals surface area contributed by atoms with Gasteiger partial charge in [0.05, 0.1) is 6.04 Å². The summed E-state index contributed by atoms with van der Waals surface area (Å²) in [5, 5.41) is 15.0. The topological polar surface area (TPSA) is 113 Å². The van der Waals surface area contributed by atoms with E-state index in [1.165, 1.54) is 12.4 Å². The highest BCUT2D eigenvalue weighted by Gasteiger charge is 2.38. The van der Waals surface area contributed by atoms with E-state index < -0.39 is 24.1 Å². The van der Waals surface area contributed by atoms with Gasteiger partial charge >= 0.3 is 12.1 Å². The lowest BCUT2D eigenvalue weighted by molar-refractivity contribution is -0.192. The SMILES string of the molecule is CC(N)C(=O)NO.O=C(O)C(F)(F)F. The predicted octanol–water partition coefficient (Wildman–Crippen LogP) is -0.528. The van der Waals surface area contributed by atoms with Gasteiger partial charge in [-0.1, -0.05) is 0 Å². The summed E-state index contributed by atoms with van der Waals surface area (Å²) in [6.07, 6.45) is -5.08. The van der Waals surface area contributed by atoms with Crippen LogP contribution in [0.2, 0.25) is 0 Å². The Morgan fingerprint density at radius 2 is 1.71 bits per heavy atom. The Kier molecular flexibility index (Phi) is 6.66. The van der Waals surface area contributed by atoms with Crippen LogP contribution in [0.1, 0.15) is 6.92 Å². The van der Waals surface area contributed by atoms with Gasteiger partial charge in [-0.2, -0.15) is 13.2 Å². The van der Waals surface area contributed by atoms with Crippen LogP contribution in [-0.2, 0) is 9.59 Å². The molecule has 0 aromatic rings. The molecule has 1 unspecified atom stereocenters. The van der Waals surface area contributed by atoms with E-state index in [9.17, 15) is 18.0 Å². The van der Waals surface area contributed by atoms with Crippen LogP contribution in [-0.4, -0.2) is 34.4 Å². The second kappa shape index (κ2) is 6.16. The number of amides is 1. The summed E-state index contributed by atoms with van der Waals surface area (Å²) in [7, 11) is 0. The normalized spacial score (nSPS) is 12.1. The third kappa shape index (κ3) is 8.74. The number of carboxylic acids is 1. The van der Waals surface area contributed by atoms with Crippen LogP contribution in [0.5, 0.6) is 0 Å². The molecule has 5 N–H and O–H groups in total. The summed E-state index contributed by atoms with van der Waals surface area (Å²) in [6.45, 7) is 1.48. The van der Waals surface area contributed by atoms with E-state index in [0.717, 1.165) is 0 Å². The molecule has 0 aromatic heterocycles. The lowest BCUT2D eigenvalue weighted by Crippen LogP contribution is -2.36. The van der Waals surface area contributed by atoms with Crippen LogP contribution in [0, 0.1) is 0 Å². The number of nitrogens with two attached hydrogens (primary N) is 1. The fraction of sp³-hybridized carbons (Fsp3) is 0.600. The number of hydrogen-bond donors (Lipinski definition) is 4. The first-order valence-corrected chi connectivity index (χ1v) is 3.12. The molecule has 6 nitrogen and oxygen atoms in total. The molecule has 0 spiro atoms. The van der Waals surface area contributed by atoms with Crippen LogP contribution in [0.3, 0.4) is 0 Å². The Balaban J connectivity index is 0. The van der Waals surface area contributed by atoms with Crippen LogP contribution >= 0.6 is 0 Å². The minimum Gasteiger partial charge on any atom is -0.475 e. The first-order valence-electron chi connectivity index (χ1n) is 3.12. The van der Waals surface area contributed by atoms with E-state index >= 15 is 0 Å². The van der Waals surface area contributed by atoms with E-state index in [2.05, 4.69) is 0 Å². The van der Waals surface area contributed by atoms with Crippen molar-refractivity contribution >= 4 is 11.9 Å². The fourth-order valence-electron chi connectivity index (χ4n) is 0.102. The Bertz CT molecular complexity index is 202. The van der Waals surface area contributed by atoms with Crippen molar-refractivity contribution in [1.29, 1.82) is 0 Å². The number of rotatable bonds is 1. The summed E-state index contributed by atoms with van der Waals surface area (Å²) in [5.74, 6) is -3.33. The summed E-state index contributed by atoms with van der Waals surface area (Å²) in [5.41, 5.74) is 6.37. The molecule has 0 aliphatic carbocycles. The molecule has 14 heavy (non-hydrogen) atoms. The smallest absolute Gasteiger partial charge is 0.475 e. The van der Waals surface area contributed by atoms with Crippen LogP contribution < -0.4 is 11.2 Å². The number of nitrogens with one attached hydrogen (secondary N) is 1. The first kappa shape index (κ1) is 15.1. The van der Waals surface area contributed by atoms with Gasteiger partial charge in [-0.25, -0.2) is 10.3 Å². The van der Waals surface area contributed by atoms with Gasteiger partial charge in [0.1, 0.15) is 0 Å². The van der Waals surface area contributed by atoms with Crippen molar-refractivity contribution in [1.82, 2.24) is 5.48 Å². The fourth-order valence-corrected chi connectivity index (χ4v) is 0.102. The number of carboxylic acid groups (broad SMARTS) is 1. The Morgan fingerprint density at radius 1 is 1.43 bits per heavy atom. The highest BCUT2D eigenvalue weighted by Crippen LogP contribution is 2.13. The van der Waals surface area contributed by atoms with Crippen molar-refractivity contribution in [3.05, 3.63) is 0 Å². The zero-order valence-corrected chi connectivity index (χ0v) is 7.00. The first-order chi connectivity index (χ1) is 6.12. The minimum atomic E-state index is -5.08. The molecule has 1 atom stereocenters. The molecule has 0 radical (unpaired) electrons. The molecule has 0 saturated heterocycles. The molecule has 0 aliphatic rings. The van der Waals surface area contributed by atoms with Gasteiger partial charge in [0.25, 0.3) is 5.91 Å². The molecule has 0 aromatic carbocycles. The molecular formula is C5H9F3N2O4. The van der Waals surface area contributed by atoms with Crippen molar-refractivity contribution in [2.45, 2.75) is 19.1 Å². The van der Waals surface area contributed by atoms with Crippen molar-refractivity contribution in [2.75, 3.05) is 0 Å². The molecule has 0 saturated carbocycles. The lowest BCUT2D eigenvalue weighted by atomic mass is 10.4. The molecule has 84 valence electrons. The van der Waals surface area contributed by atoms with Crippen molar-refractivity contribution in [2.24, 2.45) is 5.73 Å². The lowest BCUT2D eigenvalue weighted by Gasteiger charge is -1.97. The second-order valence-electron chi connectivity index (χ2n) is 2.07. The maximum absolute atomic E-state index is 10.6. The van der Waals surface area contributed by atoms with Gasteiger partial charge in [-0.05, 0) is 6.92 Å². The molecule has 1 amide bonds. The zero-order valence-electron chi connectivity index (χ0n) is 7.00. The Labute approximate surface area is 76.5 Å². The van der Waals surface area contributed by atoms with E-state index in [0.29, 0.717) is 0 Å². The molecule has 0 heterocycles. The predicted molar refractivity (Wildman–Crippen MR) is 37.3 cm³/mol. The summed E-state index contributed by atoms with van der Waals surface area (Å²) in [6, 6.07) is -0.634. The molecular weight excluding hydrogens is 209 g/mol. The third-order valence-electron chi connectivity index (χ3n) is 0.766. The van der Waals surface area contributed by atoms with E-state index in [-0.39, 0.29) is 0 Å². The molecule has 0 fully saturated rings.